The second-order valence-corrected chi connectivity index (χ2v) is 6.75. The Kier molecular flexibility index (Phi) is 6.13. The highest BCUT2D eigenvalue weighted by Crippen LogP contribution is 2.33. The molecule has 2 rings (SSSR count). The molecule has 7 heteroatoms. The third-order valence-corrected chi connectivity index (χ3v) is 4.02. The van der Waals surface area contributed by atoms with E-state index in [0.717, 1.165) is 0 Å². The summed E-state index contributed by atoms with van der Waals surface area (Å²) in [5.74, 6) is -0.482. The van der Waals surface area contributed by atoms with Crippen molar-refractivity contribution in [3.63, 3.8) is 0 Å². The Hall–Kier alpha value is -1.66. The summed E-state index contributed by atoms with van der Waals surface area (Å²) in [7, 11) is 1.79. The molecule has 128 valence electrons. The van der Waals surface area contributed by atoms with Crippen molar-refractivity contribution in [2.24, 2.45) is 5.41 Å². The molecule has 1 atom stereocenters. The number of H-pyrrole nitrogens is 1. The molecule has 0 aliphatic heterocycles. The number of fused-ring (bicyclic) bond motifs is 1. The normalized spacial score (nSPS) is 17.0. The fourth-order valence-electron chi connectivity index (χ4n) is 2.64. The molecule has 1 aromatic heterocycles. The van der Waals surface area contributed by atoms with Gasteiger partial charge in [-0.15, -0.1) is 12.4 Å². The Morgan fingerprint density at radius 2 is 2.00 bits per heavy atom. The first-order valence-electron chi connectivity index (χ1n) is 7.48. The third kappa shape index (κ3) is 4.42. The first-order valence-corrected chi connectivity index (χ1v) is 7.48. The van der Waals surface area contributed by atoms with E-state index in [1.807, 2.05) is 20.8 Å². The monoisotopic (exact) mass is 341 g/mol. The van der Waals surface area contributed by atoms with E-state index in [2.05, 4.69) is 15.6 Å². The van der Waals surface area contributed by atoms with Gasteiger partial charge in [-0.25, -0.2) is 0 Å². The van der Waals surface area contributed by atoms with Crippen LogP contribution < -0.4 is 16.2 Å². The van der Waals surface area contributed by atoms with Crippen molar-refractivity contribution in [1.29, 1.82) is 0 Å². The zero-order valence-corrected chi connectivity index (χ0v) is 14.7. The Morgan fingerprint density at radius 1 is 1.35 bits per heavy atom. The van der Waals surface area contributed by atoms with Crippen molar-refractivity contribution in [1.82, 2.24) is 15.6 Å². The van der Waals surface area contributed by atoms with Crippen LogP contribution in [0.15, 0.2) is 10.9 Å². The van der Waals surface area contributed by atoms with Crippen LogP contribution >= 0.6 is 12.4 Å². The number of aromatic nitrogens is 1. The van der Waals surface area contributed by atoms with Crippen LogP contribution in [0.3, 0.4) is 0 Å². The molecule has 1 aliphatic rings. The van der Waals surface area contributed by atoms with Crippen LogP contribution in [0.5, 0.6) is 0 Å². The van der Waals surface area contributed by atoms with Gasteiger partial charge in [0.15, 0.2) is 5.78 Å². The summed E-state index contributed by atoms with van der Waals surface area (Å²) < 4.78 is 0. The van der Waals surface area contributed by atoms with Crippen molar-refractivity contribution in [2.45, 2.75) is 39.7 Å². The molecule has 0 saturated carbocycles. The van der Waals surface area contributed by atoms with E-state index in [0.29, 0.717) is 30.6 Å². The van der Waals surface area contributed by atoms with Crippen LogP contribution in [0, 0.1) is 5.41 Å². The maximum atomic E-state index is 12.2. The molecule has 1 amide bonds. The SMILES string of the molecule is CNC(C)CNC(=O)c1cc2c([nH]c1=O)CC(C)(C)CC2=O.Cl. The number of carbonyl (C=O) groups is 2. The number of halogens is 1. The van der Waals surface area contributed by atoms with Crippen molar-refractivity contribution in [3.8, 4) is 0 Å². The van der Waals surface area contributed by atoms with Crippen LogP contribution in [0.25, 0.3) is 0 Å². The number of rotatable bonds is 4. The summed E-state index contributed by atoms with van der Waals surface area (Å²) in [5.41, 5.74) is 0.477. The minimum atomic E-state index is -0.455. The van der Waals surface area contributed by atoms with Crippen LogP contribution in [-0.2, 0) is 6.42 Å². The van der Waals surface area contributed by atoms with Gasteiger partial charge >= 0.3 is 0 Å². The molecule has 0 radical (unpaired) electrons. The van der Waals surface area contributed by atoms with Crippen LogP contribution in [0.2, 0.25) is 0 Å². The lowest BCUT2D eigenvalue weighted by atomic mass is 9.75. The molecule has 0 spiro atoms. The molecular weight excluding hydrogens is 318 g/mol. The highest BCUT2D eigenvalue weighted by molar-refractivity contribution is 6.02. The van der Waals surface area contributed by atoms with Gasteiger partial charge in [-0.05, 0) is 31.9 Å². The topological polar surface area (TPSA) is 91.1 Å². The fourth-order valence-corrected chi connectivity index (χ4v) is 2.64. The predicted octanol–water partition coefficient (Wildman–Crippen LogP) is 1.29. The van der Waals surface area contributed by atoms with E-state index in [1.165, 1.54) is 6.07 Å². The summed E-state index contributed by atoms with van der Waals surface area (Å²) in [6, 6.07) is 1.54. The smallest absolute Gasteiger partial charge is 0.261 e. The summed E-state index contributed by atoms with van der Waals surface area (Å²) in [6.45, 7) is 6.31. The number of ketones is 1. The number of Topliss-reactive ketones (excluding diaryl/α,β-unsaturated/α-hetero) is 1. The van der Waals surface area contributed by atoms with Gasteiger partial charge in [0.2, 0.25) is 0 Å². The Labute approximate surface area is 141 Å². The van der Waals surface area contributed by atoms with Crippen LogP contribution in [-0.4, -0.2) is 36.3 Å². The van der Waals surface area contributed by atoms with Crippen LogP contribution in [0.1, 0.15) is 53.6 Å². The molecule has 1 unspecified atom stereocenters. The lowest BCUT2D eigenvalue weighted by Gasteiger charge is -2.29. The third-order valence-electron chi connectivity index (χ3n) is 4.02. The maximum Gasteiger partial charge on any atom is 0.261 e. The Balaban J connectivity index is 0.00000264. The van der Waals surface area contributed by atoms with E-state index < -0.39 is 11.5 Å². The number of carbonyl (C=O) groups excluding carboxylic acids is 2. The van der Waals surface area contributed by atoms with Crippen LogP contribution in [0.4, 0.5) is 0 Å². The van der Waals surface area contributed by atoms with Gasteiger partial charge in [0, 0.05) is 30.3 Å². The molecule has 6 nitrogen and oxygen atoms in total. The Bertz CT molecular complexity index is 667. The molecule has 0 aromatic carbocycles. The second-order valence-electron chi connectivity index (χ2n) is 6.75. The van der Waals surface area contributed by atoms with Crippen molar-refractivity contribution in [2.75, 3.05) is 13.6 Å². The number of pyridine rings is 1. The first-order chi connectivity index (χ1) is 10.2. The molecule has 1 heterocycles. The molecule has 3 N–H and O–H groups in total. The fraction of sp³-hybridized carbons (Fsp3) is 0.562. The number of hydrogen-bond donors (Lipinski definition) is 3. The maximum absolute atomic E-state index is 12.2. The number of likely N-dealkylation sites (N-methyl/N-ethyl adjacent to an activating group) is 1. The van der Waals surface area contributed by atoms with E-state index in [1.54, 1.807) is 7.05 Å². The molecular formula is C16H24ClN3O3. The van der Waals surface area contributed by atoms with Gasteiger partial charge in [0.25, 0.3) is 11.5 Å². The van der Waals surface area contributed by atoms with Gasteiger partial charge in [-0.3, -0.25) is 14.4 Å². The van der Waals surface area contributed by atoms with Crippen molar-refractivity contribution >= 4 is 24.1 Å². The van der Waals surface area contributed by atoms with E-state index in [9.17, 15) is 14.4 Å². The molecule has 0 bridgehead atoms. The minimum Gasteiger partial charge on any atom is -0.350 e. The van der Waals surface area contributed by atoms with E-state index in [-0.39, 0.29) is 35.2 Å². The summed E-state index contributed by atoms with van der Waals surface area (Å²) in [4.78, 5) is 39.2. The van der Waals surface area contributed by atoms with Gasteiger partial charge < -0.3 is 15.6 Å². The highest BCUT2D eigenvalue weighted by Gasteiger charge is 2.32. The molecule has 1 aromatic rings. The molecule has 1 aliphatic carbocycles. The summed E-state index contributed by atoms with van der Waals surface area (Å²) in [5, 5.41) is 5.69. The first kappa shape index (κ1) is 19.4. The molecule has 0 saturated heterocycles. The summed E-state index contributed by atoms with van der Waals surface area (Å²) in [6.07, 6.45) is 1.05. The quantitative estimate of drug-likeness (QED) is 0.769. The predicted molar refractivity (Wildman–Crippen MR) is 91.6 cm³/mol. The van der Waals surface area contributed by atoms with E-state index >= 15 is 0 Å². The average Bonchev–Trinajstić information content (AvgIpc) is 2.42. The lowest BCUT2D eigenvalue weighted by Crippen LogP contribution is -2.40. The standard InChI is InChI=1S/C16H23N3O3.ClH/c1-9(17-4)8-18-14(21)11-5-10-12(19-15(11)22)6-16(2,3)7-13(10)20;/h5,9,17H,6-8H2,1-4H3,(H,18,21)(H,19,22);1H. The molecule has 23 heavy (non-hydrogen) atoms. The number of amides is 1. The largest absolute Gasteiger partial charge is 0.350 e. The van der Waals surface area contributed by atoms with E-state index in [4.69, 9.17) is 0 Å². The van der Waals surface area contributed by atoms with Gasteiger partial charge in [-0.2, -0.15) is 0 Å². The number of aromatic amines is 1. The van der Waals surface area contributed by atoms with Gasteiger partial charge in [0.1, 0.15) is 5.56 Å². The minimum absolute atomic E-state index is 0. The Morgan fingerprint density at radius 3 is 2.61 bits per heavy atom. The van der Waals surface area contributed by atoms with Gasteiger partial charge in [-0.1, -0.05) is 13.8 Å². The average molecular weight is 342 g/mol. The number of nitrogens with one attached hydrogen (secondary N) is 3. The highest BCUT2D eigenvalue weighted by atomic mass is 35.5. The lowest BCUT2D eigenvalue weighted by molar-refractivity contribution is 0.0910. The second kappa shape index (κ2) is 7.27. The zero-order chi connectivity index (χ0) is 16.5. The zero-order valence-electron chi connectivity index (χ0n) is 13.9. The number of hydrogen-bond acceptors (Lipinski definition) is 4. The summed E-state index contributed by atoms with van der Waals surface area (Å²) >= 11 is 0. The molecule has 0 fully saturated rings. The van der Waals surface area contributed by atoms with Crippen molar-refractivity contribution in [3.05, 3.63) is 33.2 Å². The van der Waals surface area contributed by atoms with Gasteiger partial charge in [0.05, 0.1) is 0 Å². The van der Waals surface area contributed by atoms with Crippen molar-refractivity contribution < 1.29 is 9.59 Å².